The maximum absolute atomic E-state index is 13.2. The van der Waals surface area contributed by atoms with Crippen molar-refractivity contribution >= 4 is 29.9 Å². The zero-order chi connectivity index (χ0) is 17.2. The van der Waals surface area contributed by atoms with E-state index in [0.29, 0.717) is 32.3 Å². The fraction of sp³-hybridized carbons (Fsp3) is 0.316. The maximum atomic E-state index is 13.2. The van der Waals surface area contributed by atoms with E-state index >= 15 is 0 Å². The Bertz CT molecular complexity index is 679. The van der Waals surface area contributed by atoms with E-state index in [0.717, 1.165) is 11.1 Å². The Morgan fingerprint density at radius 3 is 2.44 bits per heavy atom. The average molecular weight is 457 g/mol. The van der Waals surface area contributed by atoms with Gasteiger partial charge >= 0.3 is 0 Å². The van der Waals surface area contributed by atoms with Crippen LogP contribution in [0.3, 0.4) is 0 Å². The van der Waals surface area contributed by atoms with Gasteiger partial charge in [0.1, 0.15) is 5.82 Å². The molecule has 0 fully saturated rings. The zero-order valence-corrected chi connectivity index (χ0v) is 16.9. The van der Waals surface area contributed by atoms with Crippen LogP contribution in [0.4, 0.5) is 4.39 Å². The SMILES string of the molecule is CCOCc1ccccc1CNC(=NC)NCc1cccc(F)c1.I. The van der Waals surface area contributed by atoms with E-state index in [-0.39, 0.29) is 29.8 Å². The lowest BCUT2D eigenvalue weighted by atomic mass is 10.1. The third-order valence-electron chi connectivity index (χ3n) is 3.60. The standard InChI is InChI=1S/C19H24FN3O.HI/c1-3-24-14-17-9-5-4-8-16(17)13-23-19(21-2)22-12-15-7-6-10-18(20)11-15;/h4-11H,3,12-14H2,1-2H3,(H2,21,22,23);1H. The summed E-state index contributed by atoms with van der Waals surface area (Å²) in [4.78, 5) is 4.20. The minimum atomic E-state index is -0.234. The Kier molecular flexibility index (Phi) is 10.1. The topological polar surface area (TPSA) is 45.6 Å². The van der Waals surface area contributed by atoms with Crippen LogP contribution in [0, 0.1) is 5.82 Å². The van der Waals surface area contributed by atoms with Crippen molar-refractivity contribution in [1.82, 2.24) is 10.6 Å². The van der Waals surface area contributed by atoms with Crippen molar-refractivity contribution in [3.05, 3.63) is 71.0 Å². The highest BCUT2D eigenvalue weighted by Gasteiger charge is 2.04. The summed E-state index contributed by atoms with van der Waals surface area (Å²) in [5.74, 6) is 0.438. The van der Waals surface area contributed by atoms with Crippen molar-refractivity contribution in [2.75, 3.05) is 13.7 Å². The van der Waals surface area contributed by atoms with Crippen molar-refractivity contribution in [2.24, 2.45) is 4.99 Å². The summed E-state index contributed by atoms with van der Waals surface area (Å²) >= 11 is 0. The normalized spacial score (nSPS) is 10.9. The maximum Gasteiger partial charge on any atom is 0.191 e. The monoisotopic (exact) mass is 457 g/mol. The number of ether oxygens (including phenoxy) is 1. The van der Waals surface area contributed by atoms with Gasteiger partial charge in [0, 0.05) is 26.7 Å². The molecule has 25 heavy (non-hydrogen) atoms. The average Bonchev–Trinajstić information content (AvgIpc) is 2.61. The molecule has 2 aromatic rings. The number of hydrogen-bond donors (Lipinski definition) is 2. The largest absolute Gasteiger partial charge is 0.377 e. The molecule has 2 aromatic carbocycles. The molecular weight excluding hydrogens is 432 g/mol. The molecule has 0 aliphatic rings. The first-order valence-corrected chi connectivity index (χ1v) is 8.06. The second kappa shape index (κ2) is 11.8. The molecule has 0 aliphatic heterocycles. The number of nitrogens with one attached hydrogen (secondary N) is 2. The molecule has 0 aliphatic carbocycles. The molecule has 0 amide bonds. The predicted octanol–water partition coefficient (Wildman–Crippen LogP) is 3.85. The van der Waals surface area contributed by atoms with Crippen LogP contribution >= 0.6 is 24.0 Å². The second-order valence-electron chi connectivity index (χ2n) is 5.32. The molecule has 136 valence electrons. The molecule has 0 saturated carbocycles. The lowest BCUT2D eigenvalue weighted by Gasteiger charge is -2.14. The molecule has 6 heteroatoms. The van der Waals surface area contributed by atoms with E-state index in [4.69, 9.17) is 4.74 Å². The number of benzene rings is 2. The number of hydrogen-bond acceptors (Lipinski definition) is 2. The number of nitrogens with zero attached hydrogens (tertiary/aromatic N) is 1. The van der Waals surface area contributed by atoms with Crippen LogP contribution in [0.15, 0.2) is 53.5 Å². The summed E-state index contributed by atoms with van der Waals surface area (Å²) in [5, 5.41) is 6.46. The first-order chi connectivity index (χ1) is 11.7. The first-order valence-electron chi connectivity index (χ1n) is 8.06. The van der Waals surface area contributed by atoms with E-state index in [9.17, 15) is 4.39 Å². The molecule has 0 unspecified atom stereocenters. The van der Waals surface area contributed by atoms with Crippen LogP contribution in [0.5, 0.6) is 0 Å². The summed E-state index contributed by atoms with van der Waals surface area (Å²) in [6.07, 6.45) is 0. The highest BCUT2D eigenvalue weighted by atomic mass is 127. The fourth-order valence-corrected chi connectivity index (χ4v) is 2.32. The summed E-state index contributed by atoms with van der Waals surface area (Å²) in [5.41, 5.74) is 3.20. The molecule has 2 N–H and O–H groups in total. The molecular formula is C19H25FIN3O. The van der Waals surface area contributed by atoms with Gasteiger partial charge in [-0.2, -0.15) is 0 Å². The summed E-state index contributed by atoms with van der Waals surface area (Å²) in [6, 6.07) is 14.7. The molecule has 0 aromatic heterocycles. The number of guanidine groups is 1. The zero-order valence-electron chi connectivity index (χ0n) is 14.6. The molecule has 0 heterocycles. The lowest BCUT2D eigenvalue weighted by Crippen LogP contribution is -2.36. The van der Waals surface area contributed by atoms with E-state index in [1.165, 1.54) is 17.7 Å². The molecule has 4 nitrogen and oxygen atoms in total. The van der Waals surface area contributed by atoms with E-state index in [2.05, 4.69) is 27.8 Å². The van der Waals surface area contributed by atoms with Gasteiger partial charge in [-0.05, 0) is 35.7 Å². The minimum Gasteiger partial charge on any atom is -0.377 e. The van der Waals surface area contributed by atoms with Crippen molar-refractivity contribution in [3.63, 3.8) is 0 Å². The fourth-order valence-electron chi connectivity index (χ4n) is 2.32. The van der Waals surface area contributed by atoms with Gasteiger partial charge < -0.3 is 15.4 Å². The second-order valence-corrected chi connectivity index (χ2v) is 5.32. The van der Waals surface area contributed by atoms with Gasteiger partial charge in [-0.15, -0.1) is 24.0 Å². The van der Waals surface area contributed by atoms with Crippen molar-refractivity contribution in [2.45, 2.75) is 26.6 Å². The van der Waals surface area contributed by atoms with Crippen LogP contribution in [0.1, 0.15) is 23.6 Å². The van der Waals surface area contributed by atoms with Gasteiger partial charge in [0.2, 0.25) is 0 Å². The molecule has 0 spiro atoms. The van der Waals surface area contributed by atoms with Gasteiger partial charge in [-0.1, -0.05) is 36.4 Å². The Morgan fingerprint density at radius 1 is 1.04 bits per heavy atom. The third kappa shape index (κ3) is 7.39. The van der Waals surface area contributed by atoms with E-state index in [1.54, 1.807) is 13.1 Å². The first kappa shape index (κ1) is 21.4. The molecule has 0 atom stereocenters. The van der Waals surface area contributed by atoms with Crippen LogP contribution in [-0.4, -0.2) is 19.6 Å². The summed E-state index contributed by atoms with van der Waals surface area (Å²) in [7, 11) is 1.72. The van der Waals surface area contributed by atoms with E-state index in [1.807, 2.05) is 25.1 Å². The molecule has 0 bridgehead atoms. The number of aliphatic imine (C=N–C) groups is 1. The highest BCUT2D eigenvalue weighted by molar-refractivity contribution is 14.0. The number of halogens is 2. The van der Waals surface area contributed by atoms with Gasteiger partial charge in [-0.25, -0.2) is 4.39 Å². The smallest absolute Gasteiger partial charge is 0.191 e. The predicted molar refractivity (Wildman–Crippen MR) is 111 cm³/mol. The molecule has 2 rings (SSSR count). The van der Waals surface area contributed by atoms with Crippen LogP contribution in [0.2, 0.25) is 0 Å². The Balaban J connectivity index is 0.00000312. The van der Waals surface area contributed by atoms with Crippen LogP contribution in [-0.2, 0) is 24.4 Å². The van der Waals surface area contributed by atoms with Gasteiger partial charge in [0.05, 0.1) is 6.61 Å². The lowest BCUT2D eigenvalue weighted by molar-refractivity contribution is 0.133. The number of rotatable bonds is 7. The van der Waals surface area contributed by atoms with Gasteiger partial charge in [0.15, 0.2) is 5.96 Å². The van der Waals surface area contributed by atoms with Crippen molar-refractivity contribution < 1.29 is 9.13 Å². The third-order valence-corrected chi connectivity index (χ3v) is 3.60. The highest BCUT2D eigenvalue weighted by Crippen LogP contribution is 2.10. The minimum absolute atomic E-state index is 0. The van der Waals surface area contributed by atoms with E-state index < -0.39 is 0 Å². The quantitative estimate of drug-likeness (QED) is 0.377. The van der Waals surface area contributed by atoms with Crippen molar-refractivity contribution in [3.8, 4) is 0 Å². The van der Waals surface area contributed by atoms with Crippen LogP contribution in [0.25, 0.3) is 0 Å². The Hall–Kier alpha value is -1.67. The van der Waals surface area contributed by atoms with Gasteiger partial charge in [0.25, 0.3) is 0 Å². The Labute approximate surface area is 165 Å². The summed E-state index contributed by atoms with van der Waals surface area (Å²) in [6.45, 7) is 4.44. The Morgan fingerprint density at radius 2 is 1.76 bits per heavy atom. The van der Waals surface area contributed by atoms with Crippen LogP contribution < -0.4 is 10.6 Å². The van der Waals surface area contributed by atoms with Crippen molar-refractivity contribution in [1.29, 1.82) is 0 Å². The molecule has 0 radical (unpaired) electrons. The van der Waals surface area contributed by atoms with Gasteiger partial charge in [-0.3, -0.25) is 4.99 Å². The summed E-state index contributed by atoms with van der Waals surface area (Å²) < 4.78 is 18.7. The molecule has 0 saturated heterocycles.